The quantitative estimate of drug-likeness (QED) is 0.145. The van der Waals surface area contributed by atoms with Crippen molar-refractivity contribution in [1.29, 1.82) is 0 Å². The molecule has 6 nitrogen and oxygen atoms in total. The van der Waals surface area contributed by atoms with Gasteiger partial charge < -0.3 is 0 Å². The molecule has 0 spiro atoms. The summed E-state index contributed by atoms with van der Waals surface area (Å²) in [6, 6.07) is 56.7. The van der Waals surface area contributed by atoms with Crippen LogP contribution in [0, 0.1) is 0 Å². The van der Waals surface area contributed by atoms with E-state index in [-0.39, 0.29) is 10.8 Å². The van der Waals surface area contributed by atoms with Crippen LogP contribution in [0.15, 0.2) is 189 Å². The monoisotopic (exact) mass is 850 g/mol. The highest BCUT2D eigenvalue weighted by molar-refractivity contribution is 5.73. The fourth-order valence-electron chi connectivity index (χ4n) is 10.1. The van der Waals surface area contributed by atoms with Gasteiger partial charge in [-0.2, -0.15) is 15.3 Å². The second kappa shape index (κ2) is 17.2. The molecule has 3 aromatic heterocycles. The van der Waals surface area contributed by atoms with Crippen LogP contribution in [-0.2, 0) is 10.8 Å². The number of benzene rings is 6. The van der Waals surface area contributed by atoms with Gasteiger partial charge in [0, 0.05) is 37.2 Å². The van der Waals surface area contributed by atoms with Crippen molar-refractivity contribution < 1.29 is 0 Å². The topological polar surface area (TPSA) is 53.5 Å². The van der Waals surface area contributed by atoms with E-state index in [1.165, 1.54) is 61.2 Å². The molecule has 6 heteroatoms. The Bertz CT molecular complexity index is 2850. The lowest BCUT2D eigenvalue weighted by Crippen LogP contribution is -2.22. The predicted octanol–water partition coefficient (Wildman–Crippen LogP) is 14.7. The highest BCUT2D eigenvalue weighted by Crippen LogP contribution is 2.53. The Morgan fingerprint density at radius 3 is 1.05 bits per heavy atom. The molecule has 10 rings (SSSR count). The van der Waals surface area contributed by atoms with E-state index in [1.807, 2.05) is 69.4 Å². The number of hydrogen-bond donors (Lipinski definition) is 0. The molecular formula is C59H58N6. The van der Waals surface area contributed by atoms with Crippen molar-refractivity contribution in [3.05, 3.63) is 217 Å². The molecule has 2 unspecified atom stereocenters. The van der Waals surface area contributed by atoms with Crippen LogP contribution in [0.1, 0.15) is 106 Å². The van der Waals surface area contributed by atoms with Gasteiger partial charge in [0.2, 0.25) is 0 Å². The van der Waals surface area contributed by atoms with Gasteiger partial charge in [0.1, 0.15) is 0 Å². The number of aromatic nitrogens is 6. The maximum Gasteiger partial charge on any atom is 0.0645 e. The highest BCUT2D eigenvalue weighted by Gasteiger charge is 2.35. The van der Waals surface area contributed by atoms with Crippen molar-refractivity contribution in [3.63, 3.8) is 0 Å². The van der Waals surface area contributed by atoms with Gasteiger partial charge in [-0.15, -0.1) is 0 Å². The summed E-state index contributed by atoms with van der Waals surface area (Å²) in [5.74, 6) is 0.928. The van der Waals surface area contributed by atoms with Crippen LogP contribution in [0.2, 0.25) is 0 Å². The van der Waals surface area contributed by atoms with E-state index in [4.69, 9.17) is 0 Å². The second-order valence-electron chi connectivity index (χ2n) is 20.0. The number of rotatable bonds is 9. The van der Waals surface area contributed by atoms with E-state index in [9.17, 15) is 0 Å². The van der Waals surface area contributed by atoms with Crippen molar-refractivity contribution in [2.45, 2.75) is 89.4 Å². The summed E-state index contributed by atoms with van der Waals surface area (Å²) in [6.07, 6.45) is 14.7. The Morgan fingerprint density at radius 1 is 0.369 bits per heavy atom. The van der Waals surface area contributed by atoms with E-state index in [0.29, 0.717) is 17.8 Å². The summed E-state index contributed by atoms with van der Waals surface area (Å²) in [6.45, 7) is 13.9. The molecule has 0 aliphatic heterocycles. The van der Waals surface area contributed by atoms with Crippen molar-refractivity contribution in [1.82, 2.24) is 29.3 Å². The van der Waals surface area contributed by atoms with Gasteiger partial charge in [0.25, 0.3) is 0 Å². The molecule has 0 N–H and O–H groups in total. The molecule has 1 aliphatic rings. The van der Waals surface area contributed by atoms with Crippen LogP contribution in [0.3, 0.4) is 0 Å². The van der Waals surface area contributed by atoms with Crippen molar-refractivity contribution in [2.75, 3.05) is 0 Å². The Balaban J connectivity index is 1.11. The van der Waals surface area contributed by atoms with Gasteiger partial charge in [-0.3, -0.25) is 0 Å². The van der Waals surface area contributed by atoms with Crippen LogP contribution in [0.25, 0.3) is 50.4 Å². The van der Waals surface area contributed by atoms with Crippen LogP contribution < -0.4 is 0 Å². The standard InChI is InChI=1S/C59H58N6/c1-58(2,3)47-20-28-54(56(39-47)42-16-24-50(25-17-42)64-34-10-31-61-64)45-36-44(53-13-8-7-12-52(53)41-14-22-49(23-15-41)63-33-9-30-60-63)37-46(38-45)55-29-21-48(59(4,5)6)40-57(55)43-18-26-51(27-19-43)65-35-11-32-62-65/h7-35,39-40,44-46H,36-38H2,1-6H3. The fourth-order valence-corrected chi connectivity index (χ4v) is 10.1. The summed E-state index contributed by atoms with van der Waals surface area (Å²) in [7, 11) is 0. The molecule has 2 atom stereocenters. The summed E-state index contributed by atoms with van der Waals surface area (Å²) >= 11 is 0. The fraction of sp³-hybridized carbons (Fsp3) is 0.237. The Labute approximate surface area is 384 Å². The molecule has 0 saturated heterocycles. The molecule has 0 amide bonds. The molecule has 65 heavy (non-hydrogen) atoms. The summed E-state index contributed by atoms with van der Waals surface area (Å²) in [5.41, 5.74) is 17.8. The normalized spacial score (nSPS) is 16.7. The molecule has 1 aliphatic carbocycles. The number of nitrogens with zero attached hydrogens (tertiary/aromatic N) is 6. The SMILES string of the molecule is CC(C)(C)c1ccc(C2CC(c3ccccc3-c3ccc(-n4cccn4)cc3)CC(c3ccc(C(C)(C)C)cc3-c3ccc(-n4cccn4)cc3)C2)c(-c2ccc(-n3cccn3)cc2)c1. The summed E-state index contributed by atoms with van der Waals surface area (Å²) < 4.78 is 5.79. The van der Waals surface area contributed by atoms with E-state index in [2.05, 4.69) is 190 Å². The molecule has 0 bridgehead atoms. The third-order valence-corrected chi connectivity index (χ3v) is 13.7. The van der Waals surface area contributed by atoms with E-state index < -0.39 is 0 Å². The Kier molecular flexibility index (Phi) is 11.1. The average molecular weight is 851 g/mol. The zero-order valence-corrected chi connectivity index (χ0v) is 38.4. The molecule has 6 aromatic carbocycles. The van der Waals surface area contributed by atoms with Gasteiger partial charge in [0.05, 0.1) is 17.1 Å². The summed E-state index contributed by atoms with van der Waals surface area (Å²) in [4.78, 5) is 0. The van der Waals surface area contributed by atoms with Crippen LogP contribution in [-0.4, -0.2) is 29.3 Å². The maximum absolute atomic E-state index is 4.52. The maximum atomic E-state index is 4.52. The first-order chi connectivity index (χ1) is 31.5. The van der Waals surface area contributed by atoms with Crippen LogP contribution >= 0.6 is 0 Å². The van der Waals surface area contributed by atoms with Crippen LogP contribution in [0.5, 0.6) is 0 Å². The first-order valence-electron chi connectivity index (χ1n) is 23.2. The van der Waals surface area contributed by atoms with Gasteiger partial charge in [-0.1, -0.05) is 139 Å². The number of hydrogen-bond acceptors (Lipinski definition) is 3. The Morgan fingerprint density at radius 2 is 0.708 bits per heavy atom. The molecule has 324 valence electrons. The third kappa shape index (κ3) is 8.66. The Hall–Kier alpha value is -7.05. The molecule has 1 saturated carbocycles. The highest BCUT2D eigenvalue weighted by atomic mass is 15.3. The molecule has 3 heterocycles. The largest absolute Gasteiger partial charge is 0.241 e. The van der Waals surface area contributed by atoms with Gasteiger partial charge in [-0.05, 0) is 164 Å². The molecule has 9 aromatic rings. The molecular weight excluding hydrogens is 793 g/mol. The van der Waals surface area contributed by atoms with Gasteiger partial charge in [-0.25, -0.2) is 14.0 Å². The van der Waals surface area contributed by atoms with Crippen LogP contribution in [0.4, 0.5) is 0 Å². The first-order valence-corrected chi connectivity index (χ1v) is 23.2. The second-order valence-corrected chi connectivity index (χ2v) is 20.0. The lowest BCUT2D eigenvalue weighted by atomic mass is 9.65. The minimum absolute atomic E-state index is 0.00246. The zero-order chi connectivity index (χ0) is 44.7. The molecule has 1 fully saturated rings. The van der Waals surface area contributed by atoms with E-state index >= 15 is 0 Å². The molecule has 0 radical (unpaired) electrons. The van der Waals surface area contributed by atoms with Crippen molar-refractivity contribution >= 4 is 0 Å². The first kappa shape index (κ1) is 41.9. The van der Waals surface area contributed by atoms with Crippen molar-refractivity contribution in [2.24, 2.45) is 0 Å². The third-order valence-electron chi connectivity index (χ3n) is 13.7. The lowest BCUT2D eigenvalue weighted by molar-refractivity contribution is 0.352. The van der Waals surface area contributed by atoms with E-state index in [1.54, 1.807) is 0 Å². The smallest absolute Gasteiger partial charge is 0.0645 e. The van der Waals surface area contributed by atoms with Gasteiger partial charge >= 0.3 is 0 Å². The minimum atomic E-state index is 0.00246. The zero-order valence-electron chi connectivity index (χ0n) is 38.4. The summed E-state index contributed by atoms with van der Waals surface area (Å²) in [5, 5.41) is 13.5. The predicted molar refractivity (Wildman–Crippen MR) is 266 cm³/mol. The minimum Gasteiger partial charge on any atom is -0.241 e. The van der Waals surface area contributed by atoms with Gasteiger partial charge in [0.15, 0.2) is 0 Å². The van der Waals surface area contributed by atoms with Crippen molar-refractivity contribution in [3.8, 4) is 50.4 Å². The average Bonchev–Trinajstić information content (AvgIpc) is 4.17. The lowest BCUT2D eigenvalue weighted by Gasteiger charge is -2.39. The van der Waals surface area contributed by atoms with E-state index in [0.717, 1.165) is 36.3 Å².